The van der Waals surface area contributed by atoms with Crippen molar-refractivity contribution in [3.8, 4) is 5.75 Å². The number of methoxy groups -OCH3 is 1. The summed E-state index contributed by atoms with van der Waals surface area (Å²) in [7, 11) is 1.61. The molecule has 0 bridgehead atoms. The highest BCUT2D eigenvalue weighted by Crippen LogP contribution is 2.38. The molecule has 23 heavy (non-hydrogen) atoms. The van der Waals surface area contributed by atoms with E-state index in [-0.39, 0.29) is 5.91 Å². The van der Waals surface area contributed by atoms with Gasteiger partial charge in [0.1, 0.15) is 11.3 Å². The van der Waals surface area contributed by atoms with Crippen LogP contribution in [0.4, 0.5) is 5.13 Å². The Labute approximate surface area is 145 Å². The van der Waals surface area contributed by atoms with E-state index < -0.39 is 0 Å². The topological polar surface area (TPSA) is 46.9 Å². The van der Waals surface area contributed by atoms with Gasteiger partial charge in [-0.1, -0.05) is 22.9 Å². The Bertz CT molecular complexity index is 685. The third kappa shape index (κ3) is 3.94. The van der Waals surface area contributed by atoms with Gasteiger partial charge in [0.25, 0.3) is 0 Å². The van der Waals surface area contributed by atoms with Crippen LogP contribution in [0.2, 0.25) is 5.02 Å². The van der Waals surface area contributed by atoms with E-state index in [0.29, 0.717) is 28.0 Å². The fraction of sp³-hybridized carbons (Fsp3) is 0.500. The highest BCUT2D eigenvalue weighted by molar-refractivity contribution is 7.23. The van der Waals surface area contributed by atoms with Crippen LogP contribution in [0.15, 0.2) is 12.1 Å². The molecule has 1 heterocycles. The Morgan fingerprint density at radius 2 is 2.09 bits per heavy atom. The summed E-state index contributed by atoms with van der Waals surface area (Å²) in [5, 5.41) is 1.30. The second kappa shape index (κ2) is 7.95. The van der Waals surface area contributed by atoms with Gasteiger partial charge in [0.15, 0.2) is 5.13 Å². The quantitative estimate of drug-likeness (QED) is 0.827. The summed E-state index contributed by atoms with van der Waals surface area (Å²) in [6, 6.07) is 3.59. The molecule has 0 saturated carbocycles. The molecule has 5 nitrogen and oxygen atoms in total. The Morgan fingerprint density at radius 1 is 1.39 bits per heavy atom. The molecule has 0 saturated heterocycles. The number of hydrogen-bond acceptors (Lipinski definition) is 4. The highest BCUT2D eigenvalue weighted by Gasteiger charge is 2.20. The summed E-state index contributed by atoms with van der Waals surface area (Å²) in [6.07, 6.45) is 0. The van der Waals surface area contributed by atoms with Crippen molar-refractivity contribution in [3.05, 3.63) is 17.2 Å². The molecule has 1 amide bonds. The number of rotatable bonds is 7. The predicted molar refractivity (Wildman–Crippen MR) is 96.1 cm³/mol. The van der Waals surface area contributed by atoms with E-state index in [1.807, 2.05) is 0 Å². The number of halogens is 1. The minimum atomic E-state index is -0.00861. The van der Waals surface area contributed by atoms with Crippen molar-refractivity contribution in [3.63, 3.8) is 0 Å². The van der Waals surface area contributed by atoms with Crippen molar-refractivity contribution in [2.24, 2.45) is 0 Å². The van der Waals surface area contributed by atoms with Gasteiger partial charge in [0, 0.05) is 6.92 Å². The van der Waals surface area contributed by atoms with Crippen molar-refractivity contribution in [2.75, 3.05) is 38.2 Å². The first-order valence-corrected chi connectivity index (χ1v) is 8.95. The summed E-state index contributed by atoms with van der Waals surface area (Å²) >= 11 is 7.69. The van der Waals surface area contributed by atoms with Gasteiger partial charge < -0.3 is 9.64 Å². The molecule has 0 radical (unpaired) electrons. The second-order valence-corrected chi connectivity index (χ2v) is 6.69. The number of aromatic nitrogens is 1. The van der Waals surface area contributed by atoms with E-state index in [1.54, 1.807) is 31.1 Å². The van der Waals surface area contributed by atoms with E-state index in [9.17, 15) is 4.79 Å². The molecule has 1 aromatic heterocycles. The summed E-state index contributed by atoms with van der Waals surface area (Å²) in [6.45, 7) is 9.50. The SMILES string of the molecule is CC[NH+](CC)CCN(C(C)=O)c1nc2c(OC)ccc(Cl)c2s1. The summed E-state index contributed by atoms with van der Waals surface area (Å²) < 4.78 is 6.20. The number of nitrogens with zero attached hydrogens (tertiary/aromatic N) is 2. The highest BCUT2D eigenvalue weighted by atomic mass is 35.5. The van der Waals surface area contributed by atoms with Crippen LogP contribution in [-0.4, -0.2) is 44.2 Å². The number of likely N-dealkylation sites (N-methyl/N-ethyl adjacent to an activating group) is 1. The fourth-order valence-corrected chi connectivity index (χ4v) is 3.81. The molecule has 0 spiro atoms. The number of fused-ring (bicyclic) bond motifs is 1. The number of ether oxygens (including phenoxy) is 1. The minimum absolute atomic E-state index is 0.00861. The molecule has 2 aromatic rings. The van der Waals surface area contributed by atoms with E-state index in [4.69, 9.17) is 16.3 Å². The molecule has 2 rings (SSSR count). The van der Waals surface area contributed by atoms with Crippen molar-refractivity contribution < 1.29 is 14.4 Å². The standard InChI is InChI=1S/C16H22ClN3O2S/c1-5-19(6-2)9-10-20(11(3)21)16-18-14-13(22-4)8-7-12(17)15(14)23-16/h7-8H,5-6,9-10H2,1-4H3/p+1. The zero-order valence-electron chi connectivity index (χ0n) is 14.0. The van der Waals surface area contributed by atoms with Crippen LogP contribution in [0.3, 0.4) is 0 Å². The number of benzene rings is 1. The number of thiazole rings is 1. The Morgan fingerprint density at radius 3 is 2.65 bits per heavy atom. The normalized spacial score (nSPS) is 11.2. The molecule has 1 aromatic carbocycles. The smallest absolute Gasteiger partial charge is 0.225 e. The zero-order valence-corrected chi connectivity index (χ0v) is 15.6. The largest absolute Gasteiger partial charge is 0.494 e. The number of carbonyl (C=O) groups excluding carboxylic acids is 1. The van der Waals surface area contributed by atoms with Crippen LogP contribution in [-0.2, 0) is 4.79 Å². The lowest BCUT2D eigenvalue weighted by molar-refractivity contribution is -0.894. The first-order chi connectivity index (χ1) is 11.0. The second-order valence-electron chi connectivity index (χ2n) is 5.30. The summed E-state index contributed by atoms with van der Waals surface area (Å²) in [4.78, 5) is 19.8. The number of anilines is 1. The first kappa shape index (κ1) is 18.0. The number of hydrogen-bond donors (Lipinski definition) is 1. The molecule has 7 heteroatoms. The van der Waals surface area contributed by atoms with E-state index >= 15 is 0 Å². The van der Waals surface area contributed by atoms with Crippen molar-refractivity contribution in [1.29, 1.82) is 0 Å². The third-order valence-electron chi connectivity index (χ3n) is 3.97. The molecular weight excluding hydrogens is 334 g/mol. The van der Waals surface area contributed by atoms with Crippen LogP contribution < -0.4 is 14.5 Å². The zero-order chi connectivity index (χ0) is 17.0. The first-order valence-electron chi connectivity index (χ1n) is 7.76. The maximum Gasteiger partial charge on any atom is 0.225 e. The molecule has 0 aliphatic rings. The Hall–Kier alpha value is -1.37. The molecule has 0 unspecified atom stereocenters. The predicted octanol–water partition coefficient (Wildman–Crippen LogP) is 2.24. The Kier molecular flexibility index (Phi) is 6.21. The monoisotopic (exact) mass is 356 g/mol. The molecule has 0 aliphatic heterocycles. The average molecular weight is 357 g/mol. The van der Waals surface area contributed by atoms with Crippen molar-refractivity contribution >= 4 is 44.2 Å². The van der Waals surface area contributed by atoms with Crippen LogP contribution in [0, 0.1) is 0 Å². The van der Waals surface area contributed by atoms with Gasteiger partial charge in [0.2, 0.25) is 5.91 Å². The van der Waals surface area contributed by atoms with Gasteiger partial charge in [-0.3, -0.25) is 9.69 Å². The van der Waals surface area contributed by atoms with Crippen LogP contribution in [0.5, 0.6) is 5.75 Å². The van der Waals surface area contributed by atoms with Gasteiger partial charge in [-0.05, 0) is 26.0 Å². The van der Waals surface area contributed by atoms with Gasteiger partial charge in [-0.2, -0.15) is 0 Å². The van der Waals surface area contributed by atoms with Crippen LogP contribution in [0.25, 0.3) is 10.2 Å². The molecule has 1 N–H and O–H groups in total. The number of quaternary nitrogens is 1. The maximum atomic E-state index is 12.1. The third-order valence-corrected chi connectivity index (χ3v) is 5.51. The summed E-state index contributed by atoms with van der Waals surface area (Å²) in [5.74, 6) is 0.662. The van der Waals surface area contributed by atoms with Gasteiger partial charge >= 0.3 is 0 Å². The van der Waals surface area contributed by atoms with E-state index in [1.165, 1.54) is 16.2 Å². The Balaban J connectivity index is 2.34. The molecule has 126 valence electrons. The molecular formula is C16H23ClN3O2S+. The number of nitrogens with one attached hydrogen (secondary N) is 1. The summed E-state index contributed by atoms with van der Waals surface area (Å²) in [5.41, 5.74) is 0.710. The molecule has 0 fully saturated rings. The lowest BCUT2D eigenvalue weighted by atomic mass is 10.3. The van der Waals surface area contributed by atoms with E-state index in [0.717, 1.165) is 24.3 Å². The van der Waals surface area contributed by atoms with Crippen molar-refractivity contribution in [1.82, 2.24) is 4.98 Å². The minimum Gasteiger partial charge on any atom is -0.494 e. The van der Waals surface area contributed by atoms with Gasteiger partial charge in [0.05, 0.1) is 43.0 Å². The van der Waals surface area contributed by atoms with Crippen LogP contribution >= 0.6 is 22.9 Å². The van der Waals surface area contributed by atoms with Crippen LogP contribution in [0.1, 0.15) is 20.8 Å². The molecule has 0 aliphatic carbocycles. The lowest BCUT2D eigenvalue weighted by Gasteiger charge is -2.21. The van der Waals surface area contributed by atoms with Gasteiger partial charge in [-0.15, -0.1) is 0 Å². The average Bonchev–Trinajstić information content (AvgIpc) is 2.97. The number of amides is 1. The maximum absolute atomic E-state index is 12.1. The molecule has 0 atom stereocenters. The lowest BCUT2D eigenvalue weighted by Crippen LogP contribution is -3.12. The number of carbonyl (C=O) groups is 1. The van der Waals surface area contributed by atoms with Gasteiger partial charge in [-0.25, -0.2) is 4.98 Å². The fourth-order valence-electron chi connectivity index (χ4n) is 2.48. The van der Waals surface area contributed by atoms with E-state index in [2.05, 4.69) is 18.8 Å². The van der Waals surface area contributed by atoms with Crippen molar-refractivity contribution in [2.45, 2.75) is 20.8 Å².